The van der Waals surface area contributed by atoms with E-state index >= 15 is 0 Å². The zero-order valence-corrected chi connectivity index (χ0v) is 16.1. The second-order valence-electron chi connectivity index (χ2n) is 8.06. The highest BCUT2D eigenvalue weighted by Crippen LogP contribution is 2.50. The zero-order chi connectivity index (χ0) is 18.1. The lowest BCUT2D eigenvalue weighted by atomic mass is 9.65. The van der Waals surface area contributed by atoms with Gasteiger partial charge in [-0.3, -0.25) is 4.79 Å². The number of hydrogen-bond donors (Lipinski definition) is 1. The van der Waals surface area contributed by atoms with E-state index in [0.717, 1.165) is 18.5 Å². The van der Waals surface area contributed by atoms with Crippen LogP contribution in [0.4, 0.5) is 5.69 Å². The van der Waals surface area contributed by atoms with Gasteiger partial charge in [-0.25, -0.2) is 0 Å². The van der Waals surface area contributed by atoms with Gasteiger partial charge in [-0.15, -0.1) is 0 Å². The normalized spacial score (nSPS) is 25.7. The summed E-state index contributed by atoms with van der Waals surface area (Å²) < 4.78 is 0. The Morgan fingerprint density at radius 1 is 1.08 bits per heavy atom. The van der Waals surface area contributed by atoms with Gasteiger partial charge in [-0.2, -0.15) is 0 Å². The van der Waals surface area contributed by atoms with Crippen molar-refractivity contribution in [2.45, 2.75) is 50.9 Å². The maximum absolute atomic E-state index is 12.7. The third kappa shape index (κ3) is 3.27. The van der Waals surface area contributed by atoms with E-state index in [2.05, 4.69) is 36.5 Å². The Hall–Kier alpha value is -1.80. The van der Waals surface area contributed by atoms with Gasteiger partial charge in [0.05, 0.1) is 0 Å². The Morgan fingerprint density at radius 3 is 2.50 bits per heavy atom. The van der Waals surface area contributed by atoms with E-state index in [4.69, 9.17) is 11.6 Å². The first-order valence-electron chi connectivity index (χ1n) is 9.72. The standard InChI is InChI=1S/C23H26ClNO/c1-16(22(26)25-20-8-6-19(24)7-9-20)17-10-13-23(14-11-17)15-12-18-4-2-3-5-21(18)23/h2-9,16-17H,10-15H2,1H3,(H,25,26)/t16?,17-,23+. The number of amides is 1. The van der Waals surface area contributed by atoms with Crippen LogP contribution in [0.25, 0.3) is 0 Å². The van der Waals surface area contributed by atoms with Crippen LogP contribution in [-0.4, -0.2) is 5.91 Å². The van der Waals surface area contributed by atoms with Crippen molar-refractivity contribution in [3.05, 3.63) is 64.7 Å². The lowest BCUT2D eigenvalue weighted by Gasteiger charge is -2.40. The van der Waals surface area contributed by atoms with Crippen molar-refractivity contribution < 1.29 is 4.79 Å². The summed E-state index contributed by atoms with van der Waals surface area (Å²) in [7, 11) is 0. The number of hydrogen-bond acceptors (Lipinski definition) is 1. The molecule has 0 heterocycles. The van der Waals surface area contributed by atoms with Crippen molar-refractivity contribution >= 4 is 23.2 Å². The summed E-state index contributed by atoms with van der Waals surface area (Å²) >= 11 is 5.92. The molecule has 136 valence electrons. The highest BCUT2D eigenvalue weighted by atomic mass is 35.5. The van der Waals surface area contributed by atoms with E-state index < -0.39 is 0 Å². The van der Waals surface area contributed by atoms with Crippen LogP contribution in [0, 0.1) is 11.8 Å². The molecule has 2 aliphatic carbocycles. The second kappa shape index (κ2) is 7.08. The van der Waals surface area contributed by atoms with Crippen LogP contribution in [0.15, 0.2) is 48.5 Å². The molecule has 2 aromatic rings. The first kappa shape index (κ1) is 17.6. The van der Waals surface area contributed by atoms with Crippen LogP contribution in [0.2, 0.25) is 5.02 Å². The summed E-state index contributed by atoms with van der Waals surface area (Å²) in [6.45, 7) is 2.08. The predicted octanol–water partition coefficient (Wildman–Crippen LogP) is 5.99. The highest BCUT2D eigenvalue weighted by Gasteiger charge is 2.42. The number of carbonyl (C=O) groups is 1. The van der Waals surface area contributed by atoms with Crippen molar-refractivity contribution in [2.75, 3.05) is 5.32 Å². The number of fused-ring (bicyclic) bond motifs is 2. The lowest BCUT2D eigenvalue weighted by Crippen LogP contribution is -2.35. The van der Waals surface area contributed by atoms with Gasteiger partial charge in [0.25, 0.3) is 0 Å². The van der Waals surface area contributed by atoms with Gasteiger partial charge < -0.3 is 5.32 Å². The number of halogens is 1. The molecule has 1 fully saturated rings. The van der Waals surface area contributed by atoms with E-state index in [1.54, 1.807) is 11.1 Å². The van der Waals surface area contributed by atoms with Crippen LogP contribution in [0.1, 0.15) is 50.2 Å². The minimum Gasteiger partial charge on any atom is -0.326 e. The molecule has 1 atom stereocenters. The van der Waals surface area contributed by atoms with Gasteiger partial charge in [-0.1, -0.05) is 42.8 Å². The Labute approximate surface area is 161 Å². The number of benzene rings is 2. The smallest absolute Gasteiger partial charge is 0.227 e. The highest BCUT2D eigenvalue weighted by molar-refractivity contribution is 6.30. The summed E-state index contributed by atoms with van der Waals surface area (Å²) in [5, 5.41) is 3.73. The topological polar surface area (TPSA) is 29.1 Å². The third-order valence-corrected chi connectivity index (χ3v) is 6.93. The van der Waals surface area contributed by atoms with Gasteiger partial charge in [-0.05, 0) is 85.3 Å². The molecule has 1 amide bonds. The number of nitrogens with one attached hydrogen (secondary N) is 1. The van der Waals surface area contributed by atoms with Crippen molar-refractivity contribution in [2.24, 2.45) is 11.8 Å². The molecule has 1 N–H and O–H groups in total. The fourth-order valence-corrected chi connectivity index (χ4v) is 5.11. The van der Waals surface area contributed by atoms with Gasteiger partial charge in [0.15, 0.2) is 0 Å². The molecule has 0 saturated heterocycles. The summed E-state index contributed by atoms with van der Waals surface area (Å²) in [4.78, 5) is 12.7. The number of aryl methyl sites for hydroxylation is 1. The molecule has 2 aliphatic rings. The fourth-order valence-electron chi connectivity index (χ4n) is 4.98. The Bertz CT molecular complexity index is 790. The molecule has 1 unspecified atom stereocenters. The Kier molecular flexibility index (Phi) is 4.79. The summed E-state index contributed by atoms with van der Waals surface area (Å²) in [5.41, 5.74) is 4.32. The monoisotopic (exact) mass is 367 g/mol. The molecule has 4 rings (SSSR count). The SMILES string of the molecule is CC(C(=O)Nc1ccc(Cl)cc1)[C@H]1CC[C@]2(CCc3ccccc32)CC1. The number of rotatable bonds is 3. The lowest BCUT2D eigenvalue weighted by molar-refractivity contribution is -0.121. The molecule has 2 nitrogen and oxygen atoms in total. The molecule has 0 radical (unpaired) electrons. The van der Waals surface area contributed by atoms with E-state index in [9.17, 15) is 4.79 Å². The van der Waals surface area contributed by atoms with Crippen molar-refractivity contribution in [1.29, 1.82) is 0 Å². The van der Waals surface area contributed by atoms with Gasteiger partial charge in [0, 0.05) is 16.6 Å². The van der Waals surface area contributed by atoms with Gasteiger partial charge in [0.1, 0.15) is 0 Å². The molecule has 0 aliphatic heterocycles. The van der Waals surface area contributed by atoms with Gasteiger partial charge >= 0.3 is 0 Å². The van der Waals surface area contributed by atoms with Gasteiger partial charge in [0.2, 0.25) is 5.91 Å². The van der Waals surface area contributed by atoms with Crippen LogP contribution in [0.5, 0.6) is 0 Å². The average Bonchev–Trinajstić information content (AvgIpc) is 3.02. The molecular weight excluding hydrogens is 342 g/mol. The molecule has 1 spiro atoms. The molecule has 2 aromatic carbocycles. The van der Waals surface area contributed by atoms with E-state index in [1.165, 1.54) is 25.7 Å². The summed E-state index contributed by atoms with van der Waals surface area (Å²) in [6.07, 6.45) is 7.21. The summed E-state index contributed by atoms with van der Waals surface area (Å²) in [6, 6.07) is 16.3. The Balaban J connectivity index is 1.38. The first-order valence-corrected chi connectivity index (χ1v) is 10.1. The summed E-state index contributed by atoms with van der Waals surface area (Å²) in [5.74, 6) is 0.639. The van der Waals surface area contributed by atoms with E-state index in [1.807, 2.05) is 24.3 Å². The zero-order valence-electron chi connectivity index (χ0n) is 15.3. The quantitative estimate of drug-likeness (QED) is 0.709. The van der Waals surface area contributed by atoms with Crippen LogP contribution < -0.4 is 5.32 Å². The van der Waals surface area contributed by atoms with Crippen molar-refractivity contribution in [1.82, 2.24) is 0 Å². The second-order valence-corrected chi connectivity index (χ2v) is 8.50. The molecule has 0 aromatic heterocycles. The van der Waals surface area contributed by atoms with Crippen LogP contribution in [0.3, 0.4) is 0 Å². The molecule has 1 saturated carbocycles. The van der Waals surface area contributed by atoms with Crippen LogP contribution >= 0.6 is 11.6 Å². The molecular formula is C23H26ClNO. The largest absolute Gasteiger partial charge is 0.326 e. The average molecular weight is 368 g/mol. The fraction of sp³-hybridized carbons (Fsp3) is 0.435. The maximum Gasteiger partial charge on any atom is 0.227 e. The van der Waals surface area contributed by atoms with Crippen molar-refractivity contribution in [3.8, 4) is 0 Å². The molecule has 0 bridgehead atoms. The number of anilines is 1. The van der Waals surface area contributed by atoms with E-state index in [-0.39, 0.29) is 11.8 Å². The Morgan fingerprint density at radius 2 is 1.77 bits per heavy atom. The minimum absolute atomic E-state index is 0.0414. The molecule has 26 heavy (non-hydrogen) atoms. The first-order chi connectivity index (χ1) is 12.6. The van der Waals surface area contributed by atoms with Crippen LogP contribution in [-0.2, 0) is 16.6 Å². The van der Waals surface area contributed by atoms with E-state index in [0.29, 0.717) is 16.4 Å². The van der Waals surface area contributed by atoms with Crippen molar-refractivity contribution in [3.63, 3.8) is 0 Å². The minimum atomic E-state index is 0.0414. The molecule has 3 heteroatoms. The maximum atomic E-state index is 12.7. The third-order valence-electron chi connectivity index (χ3n) is 6.68. The predicted molar refractivity (Wildman–Crippen MR) is 108 cm³/mol. The number of carbonyl (C=O) groups excluding carboxylic acids is 1.